The lowest BCUT2D eigenvalue weighted by Crippen LogP contribution is -2.01. The molecule has 0 heterocycles. The van der Waals surface area contributed by atoms with Gasteiger partial charge in [-0.2, -0.15) is 0 Å². The molecule has 0 bridgehead atoms. The Morgan fingerprint density at radius 3 is 2.44 bits per heavy atom. The summed E-state index contributed by atoms with van der Waals surface area (Å²) in [5.74, 6) is 2.36. The average molecular weight is 222 g/mol. The molecule has 2 nitrogen and oxygen atoms in total. The zero-order valence-corrected chi connectivity index (χ0v) is 10.7. The van der Waals surface area contributed by atoms with Gasteiger partial charge >= 0.3 is 0 Å². The lowest BCUT2D eigenvalue weighted by molar-refractivity contribution is 0.309. The van der Waals surface area contributed by atoms with Gasteiger partial charge in [-0.25, -0.2) is 0 Å². The van der Waals surface area contributed by atoms with Crippen LogP contribution in [0.15, 0.2) is 18.2 Å². The summed E-state index contributed by atoms with van der Waals surface area (Å²) in [4.78, 5) is 0. The summed E-state index contributed by atoms with van der Waals surface area (Å²) >= 11 is 0. The van der Waals surface area contributed by atoms with Crippen LogP contribution in [-0.2, 0) is 0 Å². The highest BCUT2D eigenvalue weighted by atomic mass is 16.5. The van der Waals surface area contributed by atoms with E-state index in [9.17, 15) is 0 Å². The van der Waals surface area contributed by atoms with Crippen LogP contribution in [0.5, 0.6) is 11.5 Å². The van der Waals surface area contributed by atoms with E-state index in [0.717, 1.165) is 24.5 Å². The van der Waals surface area contributed by atoms with Crippen LogP contribution in [0.3, 0.4) is 0 Å². The standard InChI is InChI=1S/C14H22O2/c1-5-9-16-14-8-7-12(15-6-2)10-13(14)11(3)4/h7-8,10-11H,5-6,9H2,1-4H3. The molecule has 0 amide bonds. The molecule has 0 aromatic heterocycles. The molecule has 0 radical (unpaired) electrons. The second kappa shape index (κ2) is 6.41. The summed E-state index contributed by atoms with van der Waals surface area (Å²) < 4.78 is 11.2. The highest BCUT2D eigenvalue weighted by molar-refractivity contribution is 5.42. The molecule has 90 valence electrons. The van der Waals surface area contributed by atoms with Gasteiger partial charge in [-0.05, 0) is 37.5 Å². The Morgan fingerprint density at radius 2 is 1.88 bits per heavy atom. The number of ether oxygens (including phenoxy) is 2. The predicted molar refractivity (Wildman–Crippen MR) is 67.5 cm³/mol. The lowest BCUT2D eigenvalue weighted by Gasteiger charge is -2.15. The number of rotatable bonds is 6. The van der Waals surface area contributed by atoms with Crippen LogP contribution < -0.4 is 9.47 Å². The molecule has 0 fully saturated rings. The molecule has 0 aliphatic rings. The van der Waals surface area contributed by atoms with Gasteiger partial charge in [0.1, 0.15) is 11.5 Å². The third-order valence-corrected chi connectivity index (χ3v) is 2.38. The summed E-state index contributed by atoms with van der Waals surface area (Å²) in [5, 5.41) is 0. The van der Waals surface area contributed by atoms with E-state index in [2.05, 4.69) is 26.8 Å². The maximum absolute atomic E-state index is 5.73. The molecule has 0 aliphatic heterocycles. The Bertz CT molecular complexity index is 319. The van der Waals surface area contributed by atoms with Gasteiger partial charge in [-0.15, -0.1) is 0 Å². The summed E-state index contributed by atoms with van der Waals surface area (Å²) in [6.45, 7) is 9.92. The molecule has 1 rings (SSSR count). The van der Waals surface area contributed by atoms with E-state index in [-0.39, 0.29) is 0 Å². The van der Waals surface area contributed by atoms with E-state index in [0.29, 0.717) is 12.5 Å². The SMILES string of the molecule is CCCOc1ccc(OCC)cc1C(C)C. The summed E-state index contributed by atoms with van der Waals surface area (Å²) in [6, 6.07) is 6.06. The fraction of sp³-hybridized carbons (Fsp3) is 0.571. The van der Waals surface area contributed by atoms with Crippen molar-refractivity contribution >= 4 is 0 Å². The minimum atomic E-state index is 0.451. The third kappa shape index (κ3) is 3.44. The molecule has 0 unspecified atom stereocenters. The van der Waals surface area contributed by atoms with Crippen LogP contribution in [0.25, 0.3) is 0 Å². The van der Waals surface area contributed by atoms with Crippen molar-refractivity contribution in [3.05, 3.63) is 23.8 Å². The quantitative estimate of drug-likeness (QED) is 0.724. The smallest absolute Gasteiger partial charge is 0.123 e. The summed E-state index contributed by atoms with van der Waals surface area (Å²) in [7, 11) is 0. The second-order valence-corrected chi connectivity index (χ2v) is 4.14. The fourth-order valence-corrected chi connectivity index (χ4v) is 1.58. The van der Waals surface area contributed by atoms with E-state index in [1.54, 1.807) is 0 Å². The van der Waals surface area contributed by atoms with Crippen molar-refractivity contribution in [2.24, 2.45) is 0 Å². The van der Waals surface area contributed by atoms with Gasteiger partial charge in [0.15, 0.2) is 0 Å². The van der Waals surface area contributed by atoms with Crippen LogP contribution in [0.4, 0.5) is 0 Å². The molecular formula is C14H22O2. The Hall–Kier alpha value is -1.18. The van der Waals surface area contributed by atoms with Gasteiger partial charge in [0.2, 0.25) is 0 Å². The fourth-order valence-electron chi connectivity index (χ4n) is 1.58. The molecule has 2 heteroatoms. The van der Waals surface area contributed by atoms with E-state index in [1.807, 2.05) is 19.1 Å². The topological polar surface area (TPSA) is 18.5 Å². The lowest BCUT2D eigenvalue weighted by atomic mass is 10.0. The van der Waals surface area contributed by atoms with Gasteiger partial charge < -0.3 is 9.47 Å². The minimum absolute atomic E-state index is 0.451. The first kappa shape index (κ1) is 12.9. The van der Waals surface area contributed by atoms with Gasteiger partial charge in [-0.1, -0.05) is 20.8 Å². The van der Waals surface area contributed by atoms with Gasteiger partial charge in [0, 0.05) is 5.56 Å². The van der Waals surface area contributed by atoms with E-state index < -0.39 is 0 Å². The molecule has 0 aliphatic carbocycles. The van der Waals surface area contributed by atoms with Gasteiger partial charge in [0.05, 0.1) is 13.2 Å². The number of hydrogen-bond donors (Lipinski definition) is 0. The highest BCUT2D eigenvalue weighted by Crippen LogP contribution is 2.30. The molecule has 0 N–H and O–H groups in total. The van der Waals surface area contributed by atoms with Gasteiger partial charge in [-0.3, -0.25) is 0 Å². The van der Waals surface area contributed by atoms with Crippen molar-refractivity contribution in [3.8, 4) is 11.5 Å². The Kier molecular flexibility index (Phi) is 5.17. The maximum Gasteiger partial charge on any atom is 0.123 e. The molecule has 16 heavy (non-hydrogen) atoms. The molecule has 0 saturated carbocycles. The van der Waals surface area contributed by atoms with Crippen molar-refractivity contribution < 1.29 is 9.47 Å². The highest BCUT2D eigenvalue weighted by Gasteiger charge is 2.09. The Labute approximate surface area is 98.6 Å². The molecular weight excluding hydrogens is 200 g/mol. The molecule has 1 aromatic rings. The first-order chi connectivity index (χ1) is 7.69. The van der Waals surface area contributed by atoms with E-state index in [1.165, 1.54) is 5.56 Å². The van der Waals surface area contributed by atoms with Crippen molar-refractivity contribution in [1.29, 1.82) is 0 Å². The van der Waals surface area contributed by atoms with Crippen molar-refractivity contribution in [2.45, 2.75) is 40.0 Å². The first-order valence-electron chi connectivity index (χ1n) is 6.08. The Balaban J connectivity index is 2.90. The van der Waals surface area contributed by atoms with Crippen LogP contribution in [0, 0.1) is 0 Å². The van der Waals surface area contributed by atoms with Crippen molar-refractivity contribution in [2.75, 3.05) is 13.2 Å². The zero-order valence-electron chi connectivity index (χ0n) is 10.7. The van der Waals surface area contributed by atoms with Gasteiger partial charge in [0.25, 0.3) is 0 Å². The van der Waals surface area contributed by atoms with Crippen LogP contribution >= 0.6 is 0 Å². The van der Waals surface area contributed by atoms with Crippen LogP contribution in [0.1, 0.15) is 45.6 Å². The van der Waals surface area contributed by atoms with Crippen molar-refractivity contribution in [1.82, 2.24) is 0 Å². The molecule has 0 spiro atoms. The number of benzene rings is 1. The van der Waals surface area contributed by atoms with Crippen molar-refractivity contribution in [3.63, 3.8) is 0 Å². The largest absolute Gasteiger partial charge is 0.494 e. The average Bonchev–Trinajstić information content (AvgIpc) is 2.27. The normalized spacial score (nSPS) is 10.6. The molecule has 1 aromatic carbocycles. The Morgan fingerprint density at radius 1 is 1.12 bits per heavy atom. The second-order valence-electron chi connectivity index (χ2n) is 4.14. The molecule has 0 atom stereocenters. The van der Waals surface area contributed by atoms with E-state index in [4.69, 9.17) is 9.47 Å². The zero-order chi connectivity index (χ0) is 12.0. The van der Waals surface area contributed by atoms with Crippen LogP contribution in [-0.4, -0.2) is 13.2 Å². The van der Waals surface area contributed by atoms with Crippen LogP contribution in [0.2, 0.25) is 0 Å². The monoisotopic (exact) mass is 222 g/mol. The van der Waals surface area contributed by atoms with E-state index >= 15 is 0 Å². The summed E-state index contributed by atoms with van der Waals surface area (Å²) in [6.07, 6.45) is 1.03. The molecule has 0 saturated heterocycles. The number of hydrogen-bond acceptors (Lipinski definition) is 2. The predicted octanol–water partition coefficient (Wildman–Crippen LogP) is 4.00. The maximum atomic E-state index is 5.73. The first-order valence-corrected chi connectivity index (χ1v) is 6.08. The third-order valence-electron chi connectivity index (χ3n) is 2.38. The summed E-state index contributed by atoms with van der Waals surface area (Å²) in [5.41, 5.74) is 1.22. The minimum Gasteiger partial charge on any atom is -0.494 e.